The van der Waals surface area contributed by atoms with Gasteiger partial charge in [0, 0.05) is 19.2 Å². The third-order valence-electron chi connectivity index (χ3n) is 2.58. The molecule has 1 amide bonds. The van der Waals surface area contributed by atoms with Crippen LogP contribution in [0.25, 0.3) is 6.08 Å². The molecule has 0 saturated carbocycles. The van der Waals surface area contributed by atoms with Gasteiger partial charge in [0.15, 0.2) is 0 Å². The Hall–Kier alpha value is -2.30. The van der Waals surface area contributed by atoms with Gasteiger partial charge in [0.1, 0.15) is 0 Å². The van der Waals surface area contributed by atoms with E-state index >= 15 is 0 Å². The van der Waals surface area contributed by atoms with Gasteiger partial charge in [0.2, 0.25) is 5.91 Å². The molecule has 0 aliphatic carbocycles. The third-order valence-corrected chi connectivity index (χ3v) is 2.58. The lowest BCUT2D eigenvalue weighted by Crippen LogP contribution is -2.20. The molecule has 0 aromatic heterocycles. The Morgan fingerprint density at radius 2 is 2.15 bits per heavy atom. The third kappa shape index (κ3) is 5.14. The van der Waals surface area contributed by atoms with Gasteiger partial charge >= 0.3 is 5.97 Å². The molecule has 5 nitrogen and oxygen atoms in total. The lowest BCUT2D eigenvalue weighted by atomic mass is 10.1. The summed E-state index contributed by atoms with van der Waals surface area (Å²) >= 11 is 0. The van der Waals surface area contributed by atoms with Crippen LogP contribution >= 0.6 is 0 Å². The minimum atomic E-state index is -0.361. The summed E-state index contributed by atoms with van der Waals surface area (Å²) < 4.78 is 4.94. The lowest BCUT2D eigenvalue weighted by molar-refractivity contribution is -0.118. The fraction of sp³-hybridized carbons (Fsp3) is 0.333. The van der Waals surface area contributed by atoms with E-state index in [0.29, 0.717) is 30.8 Å². The monoisotopic (exact) mass is 276 g/mol. The highest BCUT2D eigenvalue weighted by atomic mass is 16.5. The molecule has 0 aliphatic heterocycles. The van der Waals surface area contributed by atoms with Crippen LogP contribution in [0.3, 0.4) is 0 Å². The summed E-state index contributed by atoms with van der Waals surface area (Å²) in [6.45, 7) is 4.15. The van der Waals surface area contributed by atoms with Crippen LogP contribution in [-0.2, 0) is 9.53 Å². The Kier molecular flexibility index (Phi) is 6.29. The van der Waals surface area contributed by atoms with Gasteiger partial charge in [-0.25, -0.2) is 4.79 Å². The summed E-state index contributed by atoms with van der Waals surface area (Å²) in [5, 5.41) is 2.70. The molecule has 0 saturated heterocycles. The van der Waals surface area contributed by atoms with E-state index in [0.717, 1.165) is 5.56 Å². The quantitative estimate of drug-likeness (QED) is 0.473. The van der Waals surface area contributed by atoms with E-state index in [4.69, 9.17) is 10.5 Å². The topological polar surface area (TPSA) is 81.4 Å². The van der Waals surface area contributed by atoms with E-state index in [1.807, 2.05) is 12.2 Å². The standard InChI is InChI=1S/C15H20N2O3/c1-3-20-15(19)13-7-8-14(16)12(10-13)6-4-5-9-17-11(2)18/h4,6-8,10H,3,5,9,16H2,1-2H3,(H,17,18). The van der Waals surface area contributed by atoms with Gasteiger partial charge in [-0.15, -0.1) is 0 Å². The smallest absolute Gasteiger partial charge is 0.338 e. The number of ether oxygens (including phenoxy) is 1. The number of nitrogen functional groups attached to an aromatic ring is 1. The van der Waals surface area contributed by atoms with Gasteiger partial charge in [-0.2, -0.15) is 0 Å². The number of esters is 1. The number of carbonyl (C=O) groups excluding carboxylic acids is 2. The molecule has 108 valence electrons. The normalized spacial score (nSPS) is 10.5. The fourth-order valence-electron chi connectivity index (χ4n) is 1.60. The molecule has 0 spiro atoms. The van der Waals surface area contributed by atoms with Gasteiger partial charge in [-0.3, -0.25) is 4.79 Å². The maximum atomic E-state index is 11.6. The first kappa shape index (κ1) is 15.8. The average Bonchev–Trinajstić information content (AvgIpc) is 2.40. The zero-order valence-corrected chi connectivity index (χ0v) is 11.8. The summed E-state index contributed by atoms with van der Waals surface area (Å²) in [7, 11) is 0. The van der Waals surface area contributed by atoms with E-state index in [2.05, 4.69) is 5.32 Å². The molecule has 0 radical (unpaired) electrons. The number of benzene rings is 1. The molecule has 5 heteroatoms. The van der Waals surface area contributed by atoms with Crippen LogP contribution in [0, 0.1) is 0 Å². The Morgan fingerprint density at radius 3 is 2.80 bits per heavy atom. The minimum Gasteiger partial charge on any atom is -0.462 e. The molecule has 0 heterocycles. The van der Waals surface area contributed by atoms with E-state index in [1.54, 1.807) is 25.1 Å². The number of carbonyl (C=O) groups is 2. The van der Waals surface area contributed by atoms with Gasteiger partial charge in [0.25, 0.3) is 0 Å². The molecule has 0 fully saturated rings. The first-order valence-electron chi connectivity index (χ1n) is 6.52. The molecule has 0 aliphatic rings. The molecule has 20 heavy (non-hydrogen) atoms. The first-order chi connectivity index (χ1) is 9.54. The highest BCUT2D eigenvalue weighted by Gasteiger charge is 2.07. The molecule has 0 atom stereocenters. The van der Waals surface area contributed by atoms with Crippen molar-refractivity contribution in [2.75, 3.05) is 18.9 Å². The number of anilines is 1. The fourth-order valence-corrected chi connectivity index (χ4v) is 1.60. The summed E-state index contributed by atoms with van der Waals surface area (Å²) in [5.74, 6) is -0.414. The zero-order valence-electron chi connectivity index (χ0n) is 11.8. The number of hydrogen-bond acceptors (Lipinski definition) is 4. The highest BCUT2D eigenvalue weighted by Crippen LogP contribution is 2.17. The van der Waals surface area contributed by atoms with Crippen molar-refractivity contribution in [2.24, 2.45) is 0 Å². The van der Waals surface area contributed by atoms with Crippen molar-refractivity contribution in [1.82, 2.24) is 5.32 Å². The molecule has 3 N–H and O–H groups in total. The summed E-state index contributed by atoms with van der Waals surface area (Å²) in [6, 6.07) is 5.02. The average molecular weight is 276 g/mol. The molecule has 1 rings (SSSR count). The molecule has 1 aromatic carbocycles. The molecule has 0 unspecified atom stereocenters. The number of hydrogen-bond donors (Lipinski definition) is 2. The Balaban J connectivity index is 2.69. The van der Waals surface area contributed by atoms with Crippen molar-refractivity contribution >= 4 is 23.6 Å². The minimum absolute atomic E-state index is 0.0535. The van der Waals surface area contributed by atoms with Crippen molar-refractivity contribution in [3.8, 4) is 0 Å². The van der Waals surface area contributed by atoms with E-state index < -0.39 is 0 Å². The SMILES string of the molecule is CCOC(=O)c1ccc(N)c(C=CCCNC(C)=O)c1. The van der Waals surface area contributed by atoms with Crippen LogP contribution < -0.4 is 11.1 Å². The first-order valence-corrected chi connectivity index (χ1v) is 6.52. The number of nitrogens with two attached hydrogens (primary N) is 1. The molecule has 0 bridgehead atoms. The molecular formula is C15H20N2O3. The van der Waals surface area contributed by atoms with Crippen molar-refractivity contribution in [3.63, 3.8) is 0 Å². The zero-order chi connectivity index (χ0) is 15.0. The lowest BCUT2D eigenvalue weighted by Gasteiger charge is -2.05. The highest BCUT2D eigenvalue weighted by molar-refractivity contribution is 5.91. The van der Waals surface area contributed by atoms with Crippen molar-refractivity contribution in [3.05, 3.63) is 35.4 Å². The van der Waals surface area contributed by atoms with Crippen molar-refractivity contribution in [1.29, 1.82) is 0 Å². The van der Waals surface area contributed by atoms with E-state index in [-0.39, 0.29) is 11.9 Å². The van der Waals surface area contributed by atoms with Gasteiger partial charge in [0.05, 0.1) is 12.2 Å². The second kappa shape index (κ2) is 7.99. The predicted octanol–water partition coefficient (Wildman–Crippen LogP) is 1.98. The predicted molar refractivity (Wildman–Crippen MR) is 79.1 cm³/mol. The van der Waals surface area contributed by atoms with Crippen molar-refractivity contribution in [2.45, 2.75) is 20.3 Å². The largest absolute Gasteiger partial charge is 0.462 e. The number of nitrogens with one attached hydrogen (secondary N) is 1. The number of rotatable bonds is 6. The van der Waals surface area contributed by atoms with Crippen LogP contribution in [-0.4, -0.2) is 25.0 Å². The second-order valence-electron chi connectivity index (χ2n) is 4.24. The van der Waals surface area contributed by atoms with Gasteiger partial charge in [-0.05, 0) is 37.1 Å². The summed E-state index contributed by atoms with van der Waals surface area (Å²) in [5.41, 5.74) is 7.68. The van der Waals surface area contributed by atoms with Crippen LogP contribution in [0.15, 0.2) is 24.3 Å². The Morgan fingerprint density at radius 1 is 1.40 bits per heavy atom. The van der Waals surface area contributed by atoms with Crippen LogP contribution in [0.5, 0.6) is 0 Å². The van der Waals surface area contributed by atoms with Crippen LogP contribution in [0.2, 0.25) is 0 Å². The van der Waals surface area contributed by atoms with Gasteiger partial charge in [-0.1, -0.05) is 12.2 Å². The number of amides is 1. The molecular weight excluding hydrogens is 256 g/mol. The summed E-state index contributed by atoms with van der Waals surface area (Å²) in [6.07, 6.45) is 4.43. The maximum absolute atomic E-state index is 11.6. The second-order valence-corrected chi connectivity index (χ2v) is 4.24. The van der Waals surface area contributed by atoms with Crippen LogP contribution in [0.1, 0.15) is 36.2 Å². The maximum Gasteiger partial charge on any atom is 0.338 e. The summed E-state index contributed by atoms with van der Waals surface area (Å²) in [4.78, 5) is 22.3. The van der Waals surface area contributed by atoms with Gasteiger partial charge < -0.3 is 15.8 Å². The van der Waals surface area contributed by atoms with Crippen molar-refractivity contribution < 1.29 is 14.3 Å². The Bertz CT molecular complexity index is 510. The van der Waals surface area contributed by atoms with E-state index in [1.165, 1.54) is 6.92 Å². The van der Waals surface area contributed by atoms with E-state index in [9.17, 15) is 9.59 Å². The Labute approximate surface area is 118 Å². The van der Waals surface area contributed by atoms with Crippen LogP contribution in [0.4, 0.5) is 5.69 Å². The molecule has 1 aromatic rings.